The molecule has 0 saturated carbocycles. The minimum absolute atomic E-state index is 0.276. The molecule has 0 unspecified atom stereocenters. The van der Waals surface area contributed by atoms with Crippen LogP contribution in [0, 0.1) is 0 Å². The molecule has 2 nitrogen and oxygen atoms in total. The molecule has 16 heavy (non-hydrogen) atoms. The third-order valence-corrected chi connectivity index (χ3v) is 8.67. The molecule has 1 aromatic rings. The predicted molar refractivity (Wildman–Crippen MR) is 73.5 cm³/mol. The summed E-state index contributed by atoms with van der Waals surface area (Å²) in [6.45, 7) is 14.2. The van der Waals surface area contributed by atoms with Crippen molar-refractivity contribution in [2.24, 2.45) is 0 Å². The van der Waals surface area contributed by atoms with Crippen LogP contribution in [0.1, 0.15) is 38.4 Å². The van der Waals surface area contributed by atoms with Gasteiger partial charge >= 0.3 is 0 Å². The number of hydrogen-bond donors (Lipinski definition) is 0. The van der Waals surface area contributed by atoms with Crippen LogP contribution in [0.4, 0.5) is 0 Å². The molecule has 1 heterocycles. The monoisotopic (exact) mass is 257 g/mol. The van der Waals surface area contributed by atoms with Crippen LogP contribution in [-0.2, 0) is 17.5 Å². The summed E-state index contributed by atoms with van der Waals surface area (Å²) in [7, 11) is -1.62. The molecule has 0 radical (unpaired) electrons. The fraction of sp³-hybridized carbons (Fsp3) is 0.750. The fourth-order valence-corrected chi connectivity index (χ4v) is 2.86. The van der Waals surface area contributed by atoms with Crippen molar-refractivity contribution in [3.63, 3.8) is 0 Å². The first-order valence-electron chi connectivity index (χ1n) is 5.83. The first-order chi connectivity index (χ1) is 7.26. The quantitative estimate of drug-likeness (QED) is 0.753. The third-order valence-electron chi connectivity index (χ3n) is 3.32. The van der Waals surface area contributed by atoms with Gasteiger partial charge in [0.25, 0.3) is 0 Å². The molecule has 4 heteroatoms. The Kier molecular flexibility index (Phi) is 4.32. The lowest BCUT2D eigenvalue weighted by molar-refractivity contribution is 0.275. The van der Waals surface area contributed by atoms with Crippen LogP contribution in [-0.4, -0.2) is 13.3 Å². The predicted octanol–water partition coefficient (Wildman–Crippen LogP) is 4.23. The first kappa shape index (κ1) is 13.9. The van der Waals surface area contributed by atoms with Gasteiger partial charge < -0.3 is 4.43 Å². The van der Waals surface area contributed by atoms with E-state index < -0.39 is 8.32 Å². The lowest BCUT2D eigenvalue weighted by atomic mass is 10.2. The van der Waals surface area contributed by atoms with Crippen molar-refractivity contribution in [3.8, 4) is 0 Å². The Morgan fingerprint density at radius 2 is 2.00 bits per heavy atom. The second-order valence-electron chi connectivity index (χ2n) is 5.64. The standard InChI is InChI=1S/C12H23NOSSi/c1-7-10-9-15-11(13-10)8-14-16(5,6)12(2,3)4/h9H,7-8H2,1-6H3. The highest BCUT2D eigenvalue weighted by molar-refractivity contribution is 7.09. The highest BCUT2D eigenvalue weighted by atomic mass is 32.1. The second kappa shape index (κ2) is 4.98. The molecule has 0 amide bonds. The molecule has 1 rings (SSSR count). The lowest BCUT2D eigenvalue weighted by Gasteiger charge is -2.35. The van der Waals surface area contributed by atoms with Crippen molar-refractivity contribution >= 4 is 19.7 Å². The van der Waals surface area contributed by atoms with Crippen LogP contribution in [0.5, 0.6) is 0 Å². The van der Waals surface area contributed by atoms with Gasteiger partial charge in [0.2, 0.25) is 0 Å². The van der Waals surface area contributed by atoms with Crippen molar-refractivity contribution in [1.29, 1.82) is 0 Å². The van der Waals surface area contributed by atoms with Crippen molar-refractivity contribution < 1.29 is 4.43 Å². The Bertz CT molecular complexity index is 341. The van der Waals surface area contributed by atoms with Gasteiger partial charge in [-0.15, -0.1) is 11.3 Å². The molecule has 0 saturated heterocycles. The van der Waals surface area contributed by atoms with Gasteiger partial charge in [-0.25, -0.2) is 4.98 Å². The number of aryl methyl sites for hydroxylation is 1. The second-order valence-corrected chi connectivity index (χ2v) is 11.4. The molecular weight excluding hydrogens is 234 g/mol. The van der Waals surface area contributed by atoms with Gasteiger partial charge in [0.1, 0.15) is 5.01 Å². The van der Waals surface area contributed by atoms with E-state index in [4.69, 9.17) is 4.43 Å². The average molecular weight is 257 g/mol. The van der Waals surface area contributed by atoms with Gasteiger partial charge in [-0.3, -0.25) is 0 Å². The zero-order valence-corrected chi connectivity index (χ0v) is 13.1. The van der Waals surface area contributed by atoms with E-state index in [0.717, 1.165) is 11.4 Å². The molecule has 0 aromatic carbocycles. The summed E-state index contributed by atoms with van der Waals surface area (Å²) in [5.74, 6) is 0. The molecule has 0 spiro atoms. The van der Waals surface area contributed by atoms with E-state index in [9.17, 15) is 0 Å². The van der Waals surface area contributed by atoms with E-state index in [2.05, 4.69) is 51.2 Å². The van der Waals surface area contributed by atoms with Crippen molar-refractivity contribution in [2.45, 2.75) is 58.9 Å². The number of hydrogen-bond acceptors (Lipinski definition) is 3. The summed E-state index contributed by atoms with van der Waals surface area (Å²) in [6, 6.07) is 0. The van der Waals surface area contributed by atoms with Crippen LogP contribution in [0.3, 0.4) is 0 Å². The topological polar surface area (TPSA) is 22.1 Å². The Labute approximate surface area is 104 Å². The normalized spacial score (nSPS) is 13.1. The minimum atomic E-state index is -1.62. The maximum Gasteiger partial charge on any atom is 0.192 e. The minimum Gasteiger partial charge on any atom is -0.410 e. The molecule has 0 aliphatic heterocycles. The van der Waals surface area contributed by atoms with Gasteiger partial charge in [-0.2, -0.15) is 0 Å². The highest BCUT2D eigenvalue weighted by Crippen LogP contribution is 2.37. The molecule has 92 valence electrons. The van der Waals surface area contributed by atoms with Crippen LogP contribution in [0.15, 0.2) is 5.38 Å². The number of aromatic nitrogens is 1. The van der Waals surface area contributed by atoms with E-state index in [0.29, 0.717) is 6.61 Å². The Morgan fingerprint density at radius 1 is 1.38 bits per heavy atom. The van der Waals surface area contributed by atoms with Crippen molar-refractivity contribution in [1.82, 2.24) is 4.98 Å². The smallest absolute Gasteiger partial charge is 0.192 e. The molecule has 1 aromatic heterocycles. The van der Waals surface area contributed by atoms with E-state index in [1.807, 2.05) is 0 Å². The Hall–Kier alpha value is -0.193. The van der Waals surface area contributed by atoms with Gasteiger partial charge in [0, 0.05) is 5.38 Å². The third kappa shape index (κ3) is 3.40. The summed E-state index contributed by atoms with van der Waals surface area (Å²) >= 11 is 1.71. The van der Waals surface area contributed by atoms with E-state index in [1.165, 1.54) is 5.69 Å². The van der Waals surface area contributed by atoms with E-state index in [1.54, 1.807) is 11.3 Å². The van der Waals surface area contributed by atoms with Gasteiger partial charge in [0.05, 0.1) is 12.3 Å². The largest absolute Gasteiger partial charge is 0.410 e. The molecule has 0 fully saturated rings. The fourth-order valence-electron chi connectivity index (χ4n) is 1.04. The Balaban J connectivity index is 2.57. The SMILES string of the molecule is CCc1csc(CO[Si](C)(C)C(C)(C)C)n1. The van der Waals surface area contributed by atoms with E-state index >= 15 is 0 Å². The summed E-state index contributed by atoms with van der Waals surface area (Å²) in [4.78, 5) is 4.53. The van der Waals surface area contributed by atoms with Crippen LogP contribution >= 0.6 is 11.3 Å². The average Bonchev–Trinajstić information content (AvgIpc) is 2.60. The molecule has 0 atom stereocenters. The number of rotatable bonds is 4. The van der Waals surface area contributed by atoms with Crippen LogP contribution in [0.25, 0.3) is 0 Å². The maximum absolute atomic E-state index is 6.12. The van der Waals surface area contributed by atoms with Crippen molar-refractivity contribution in [2.75, 3.05) is 0 Å². The van der Waals surface area contributed by atoms with Gasteiger partial charge in [-0.1, -0.05) is 27.7 Å². The first-order valence-corrected chi connectivity index (χ1v) is 9.62. The van der Waals surface area contributed by atoms with Crippen LogP contribution < -0.4 is 0 Å². The number of nitrogens with zero attached hydrogens (tertiary/aromatic N) is 1. The lowest BCUT2D eigenvalue weighted by Crippen LogP contribution is -2.40. The zero-order valence-electron chi connectivity index (χ0n) is 11.3. The van der Waals surface area contributed by atoms with Gasteiger partial charge in [-0.05, 0) is 24.6 Å². The summed E-state index contributed by atoms with van der Waals surface area (Å²) in [5, 5.41) is 3.52. The van der Waals surface area contributed by atoms with Crippen LogP contribution in [0.2, 0.25) is 18.1 Å². The summed E-state index contributed by atoms with van der Waals surface area (Å²) in [5.41, 5.74) is 1.18. The van der Waals surface area contributed by atoms with Crippen molar-refractivity contribution in [3.05, 3.63) is 16.1 Å². The van der Waals surface area contributed by atoms with Gasteiger partial charge in [0.15, 0.2) is 8.32 Å². The maximum atomic E-state index is 6.12. The summed E-state index contributed by atoms with van der Waals surface area (Å²) < 4.78 is 6.12. The molecule has 0 aliphatic carbocycles. The van der Waals surface area contributed by atoms with E-state index in [-0.39, 0.29) is 5.04 Å². The Morgan fingerprint density at radius 3 is 2.44 bits per heavy atom. The molecule has 0 bridgehead atoms. The highest BCUT2D eigenvalue weighted by Gasteiger charge is 2.37. The zero-order chi connectivity index (χ0) is 12.4. The summed E-state index contributed by atoms with van der Waals surface area (Å²) in [6.07, 6.45) is 1.01. The molecule has 0 aliphatic rings. The molecule has 0 N–H and O–H groups in total. The number of thiazole rings is 1. The molecular formula is C12H23NOSSi.